The smallest absolute Gasteiger partial charge is 0.227 e. The minimum Gasteiger partial charge on any atom is -0.351 e. The number of carbonyl (C=O) groups excluding carboxylic acids is 2. The van der Waals surface area contributed by atoms with Crippen molar-refractivity contribution in [3.05, 3.63) is 28.2 Å². The molecular weight excluding hydrogens is 311 g/mol. The Balaban J connectivity index is 2.14. The first-order valence-corrected chi connectivity index (χ1v) is 7.50. The number of rotatable bonds is 2. The van der Waals surface area contributed by atoms with Gasteiger partial charge in [0.05, 0.1) is 5.92 Å². The fourth-order valence-electron chi connectivity index (χ4n) is 2.30. The maximum absolute atomic E-state index is 12.2. The molecule has 6 heteroatoms. The molecule has 1 heterocycles. The molecule has 114 valence electrons. The van der Waals surface area contributed by atoms with E-state index >= 15 is 0 Å². The lowest BCUT2D eigenvalue weighted by atomic mass is 10.0. The molecule has 0 radical (unpaired) electrons. The largest absolute Gasteiger partial charge is 0.351 e. The van der Waals surface area contributed by atoms with Gasteiger partial charge in [-0.15, -0.1) is 0 Å². The number of amides is 2. The zero-order valence-electron chi connectivity index (χ0n) is 12.2. The average molecular weight is 329 g/mol. The van der Waals surface area contributed by atoms with Crippen molar-refractivity contribution in [1.82, 2.24) is 5.32 Å². The fraction of sp³-hybridized carbons (Fsp3) is 0.467. The molecule has 0 aliphatic carbocycles. The lowest BCUT2D eigenvalue weighted by Gasteiger charge is -2.23. The highest BCUT2D eigenvalue weighted by Gasteiger charge is 2.36. The number of hydrogen-bond donors (Lipinski definition) is 1. The summed E-state index contributed by atoms with van der Waals surface area (Å²) in [6, 6.07) is 4.96. The standard InChI is InChI=1S/C15H18Cl2N2O2/c1-15(2,3)18-14(21)9-4-13(20)19(8-9)12-6-10(16)5-11(17)7-12/h5-7,9H,4,8H2,1-3H3,(H,18,21). The van der Waals surface area contributed by atoms with Crippen molar-refractivity contribution < 1.29 is 9.59 Å². The molecular formula is C15H18Cl2N2O2. The van der Waals surface area contributed by atoms with Gasteiger partial charge in [-0.2, -0.15) is 0 Å². The predicted octanol–water partition coefficient (Wildman–Crippen LogP) is 3.26. The van der Waals surface area contributed by atoms with Gasteiger partial charge < -0.3 is 10.2 Å². The SMILES string of the molecule is CC(C)(C)NC(=O)C1CC(=O)N(c2cc(Cl)cc(Cl)c2)C1. The van der Waals surface area contributed by atoms with E-state index in [9.17, 15) is 9.59 Å². The number of carbonyl (C=O) groups is 2. The summed E-state index contributed by atoms with van der Waals surface area (Å²) in [6.45, 7) is 6.08. The molecule has 4 nitrogen and oxygen atoms in total. The van der Waals surface area contributed by atoms with Crippen molar-refractivity contribution in [3.8, 4) is 0 Å². The van der Waals surface area contributed by atoms with Gasteiger partial charge in [-0.25, -0.2) is 0 Å². The third-order valence-corrected chi connectivity index (χ3v) is 3.59. The molecule has 1 unspecified atom stereocenters. The highest BCUT2D eigenvalue weighted by Crippen LogP contribution is 2.30. The molecule has 1 fully saturated rings. The van der Waals surface area contributed by atoms with Crippen LogP contribution in [0.1, 0.15) is 27.2 Å². The minimum atomic E-state index is -0.352. The third kappa shape index (κ3) is 4.11. The first kappa shape index (κ1) is 16.1. The monoisotopic (exact) mass is 328 g/mol. The maximum atomic E-state index is 12.2. The van der Waals surface area contributed by atoms with Crippen molar-refractivity contribution >= 4 is 40.7 Å². The van der Waals surface area contributed by atoms with Crippen LogP contribution >= 0.6 is 23.2 Å². The van der Waals surface area contributed by atoms with E-state index in [2.05, 4.69) is 5.32 Å². The van der Waals surface area contributed by atoms with Crippen LogP contribution in [0, 0.1) is 5.92 Å². The van der Waals surface area contributed by atoms with Gasteiger partial charge in [-0.1, -0.05) is 23.2 Å². The number of nitrogens with zero attached hydrogens (tertiary/aromatic N) is 1. The Kier molecular flexibility index (Phi) is 4.49. The van der Waals surface area contributed by atoms with Crippen LogP contribution in [-0.4, -0.2) is 23.9 Å². The molecule has 1 aliphatic heterocycles. The number of anilines is 1. The Morgan fingerprint density at radius 3 is 2.33 bits per heavy atom. The van der Waals surface area contributed by atoms with Crippen molar-refractivity contribution in [2.75, 3.05) is 11.4 Å². The number of nitrogens with one attached hydrogen (secondary N) is 1. The number of halogens is 2. The van der Waals surface area contributed by atoms with Crippen LogP contribution in [0.3, 0.4) is 0 Å². The Morgan fingerprint density at radius 1 is 1.24 bits per heavy atom. The zero-order valence-corrected chi connectivity index (χ0v) is 13.8. The lowest BCUT2D eigenvalue weighted by Crippen LogP contribution is -2.44. The van der Waals surface area contributed by atoms with E-state index in [1.54, 1.807) is 23.1 Å². The van der Waals surface area contributed by atoms with E-state index in [0.717, 1.165) is 0 Å². The average Bonchev–Trinajstić information content (AvgIpc) is 2.68. The highest BCUT2D eigenvalue weighted by molar-refractivity contribution is 6.35. The molecule has 1 saturated heterocycles. The molecule has 1 atom stereocenters. The molecule has 2 rings (SSSR count). The minimum absolute atomic E-state index is 0.0950. The molecule has 21 heavy (non-hydrogen) atoms. The fourth-order valence-corrected chi connectivity index (χ4v) is 2.81. The molecule has 2 amide bonds. The van der Waals surface area contributed by atoms with Crippen LogP contribution in [0.25, 0.3) is 0 Å². The summed E-state index contributed by atoms with van der Waals surface area (Å²) in [5, 5.41) is 3.84. The Bertz CT molecular complexity index is 561. The van der Waals surface area contributed by atoms with Gasteiger partial charge in [0, 0.05) is 34.2 Å². The highest BCUT2D eigenvalue weighted by atomic mass is 35.5. The van der Waals surface area contributed by atoms with Gasteiger partial charge in [0.1, 0.15) is 0 Å². The molecule has 1 aromatic carbocycles. The quantitative estimate of drug-likeness (QED) is 0.905. The van der Waals surface area contributed by atoms with Gasteiger partial charge in [0.2, 0.25) is 11.8 Å². The summed E-state index contributed by atoms with van der Waals surface area (Å²) in [5.41, 5.74) is 0.316. The Labute approximate surface area is 134 Å². The number of benzene rings is 1. The lowest BCUT2D eigenvalue weighted by molar-refractivity contribution is -0.127. The second-order valence-corrected chi connectivity index (χ2v) is 7.15. The molecule has 0 spiro atoms. The van der Waals surface area contributed by atoms with E-state index in [4.69, 9.17) is 23.2 Å². The van der Waals surface area contributed by atoms with Gasteiger partial charge in [0.25, 0.3) is 0 Å². The first-order chi connectivity index (χ1) is 9.65. The van der Waals surface area contributed by atoms with E-state index in [1.165, 1.54) is 0 Å². The van der Waals surface area contributed by atoms with Crippen molar-refractivity contribution in [3.63, 3.8) is 0 Å². The molecule has 1 aromatic rings. The van der Waals surface area contributed by atoms with Crippen molar-refractivity contribution in [1.29, 1.82) is 0 Å². The summed E-state index contributed by atoms with van der Waals surface area (Å²) in [6.07, 6.45) is 0.200. The zero-order chi connectivity index (χ0) is 15.8. The van der Waals surface area contributed by atoms with E-state index in [1.807, 2.05) is 20.8 Å². The van der Waals surface area contributed by atoms with Crippen LogP contribution in [0.15, 0.2) is 18.2 Å². The summed E-state index contributed by atoms with van der Waals surface area (Å²) in [7, 11) is 0. The molecule has 1 N–H and O–H groups in total. The van der Waals surface area contributed by atoms with Crippen LogP contribution in [0.4, 0.5) is 5.69 Å². The second kappa shape index (κ2) is 5.85. The topological polar surface area (TPSA) is 49.4 Å². The van der Waals surface area contributed by atoms with Crippen molar-refractivity contribution in [2.24, 2.45) is 5.92 Å². The van der Waals surface area contributed by atoms with Crippen LogP contribution in [0.2, 0.25) is 10.0 Å². The second-order valence-electron chi connectivity index (χ2n) is 6.27. The van der Waals surface area contributed by atoms with Gasteiger partial charge in [0.15, 0.2) is 0 Å². The van der Waals surface area contributed by atoms with E-state index in [0.29, 0.717) is 22.3 Å². The normalized spacial score (nSPS) is 19.0. The molecule has 0 aromatic heterocycles. The van der Waals surface area contributed by atoms with E-state index < -0.39 is 0 Å². The van der Waals surface area contributed by atoms with Gasteiger partial charge in [-0.3, -0.25) is 9.59 Å². The summed E-state index contributed by atoms with van der Waals surface area (Å²) in [4.78, 5) is 25.9. The maximum Gasteiger partial charge on any atom is 0.227 e. The predicted molar refractivity (Wildman–Crippen MR) is 84.8 cm³/mol. The summed E-state index contributed by atoms with van der Waals surface area (Å²) in [5.74, 6) is -0.552. The summed E-state index contributed by atoms with van der Waals surface area (Å²) >= 11 is 11.9. The van der Waals surface area contributed by atoms with Crippen LogP contribution < -0.4 is 10.2 Å². The third-order valence-electron chi connectivity index (χ3n) is 3.15. The van der Waals surface area contributed by atoms with Crippen molar-refractivity contribution in [2.45, 2.75) is 32.7 Å². The molecule has 0 saturated carbocycles. The van der Waals surface area contributed by atoms with Crippen LogP contribution in [0.5, 0.6) is 0 Å². The molecule has 0 bridgehead atoms. The Morgan fingerprint density at radius 2 is 1.81 bits per heavy atom. The van der Waals surface area contributed by atoms with Gasteiger partial charge >= 0.3 is 0 Å². The van der Waals surface area contributed by atoms with Crippen LogP contribution in [-0.2, 0) is 9.59 Å². The van der Waals surface area contributed by atoms with E-state index in [-0.39, 0.29) is 29.7 Å². The summed E-state index contributed by atoms with van der Waals surface area (Å²) < 4.78 is 0. The number of hydrogen-bond acceptors (Lipinski definition) is 2. The Hall–Kier alpha value is -1.26. The van der Waals surface area contributed by atoms with Gasteiger partial charge in [-0.05, 0) is 39.0 Å². The molecule has 1 aliphatic rings. The first-order valence-electron chi connectivity index (χ1n) is 6.74.